The zero-order valence-corrected chi connectivity index (χ0v) is 20.5. The average molecular weight is 537 g/mol. The second kappa shape index (κ2) is 10.7. The second-order valence-corrected chi connectivity index (χ2v) is 8.88. The summed E-state index contributed by atoms with van der Waals surface area (Å²) in [6.45, 7) is 1.56. The molecule has 3 heterocycles. The van der Waals surface area contributed by atoms with Crippen LogP contribution in [0, 0.1) is 0 Å². The summed E-state index contributed by atoms with van der Waals surface area (Å²) in [5.74, 6) is -0.183. The first kappa shape index (κ1) is 26.0. The molecule has 3 aromatic rings. The molecule has 0 unspecified atom stereocenters. The number of alkyl halides is 3. The highest BCUT2D eigenvalue weighted by Gasteiger charge is 2.34. The van der Waals surface area contributed by atoms with Crippen LogP contribution in [0.25, 0.3) is 17.0 Å². The van der Waals surface area contributed by atoms with Crippen molar-refractivity contribution in [2.75, 3.05) is 19.6 Å². The Labute approximate surface area is 221 Å². The van der Waals surface area contributed by atoms with Gasteiger partial charge in [-0.3, -0.25) is 9.59 Å². The van der Waals surface area contributed by atoms with E-state index in [2.05, 4.69) is 25.6 Å². The highest BCUT2D eigenvalue weighted by Crippen LogP contribution is 2.39. The minimum absolute atomic E-state index is 0.0671. The average Bonchev–Trinajstić information content (AvgIpc) is 3.32. The van der Waals surface area contributed by atoms with Crippen LogP contribution in [0.2, 0.25) is 0 Å². The third kappa shape index (κ3) is 5.96. The number of carbonyl (C=O) groups excluding carboxylic acids is 2. The third-order valence-electron chi connectivity index (χ3n) is 6.18. The van der Waals surface area contributed by atoms with E-state index in [0.717, 1.165) is 6.07 Å². The van der Waals surface area contributed by atoms with Crippen LogP contribution in [0.5, 0.6) is 11.5 Å². The van der Waals surface area contributed by atoms with Crippen LogP contribution >= 0.6 is 0 Å². The number of benzene rings is 2. The van der Waals surface area contributed by atoms with Gasteiger partial charge in [-0.05, 0) is 66.6 Å². The van der Waals surface area contributed by atoms with Gasteiger partial charge in [0.05, 0.1) is 5.56 Å². The number of amides is 2. The summed E-state index contributed by atoms with van der Waals surface area (Å²) in [5.41, 5.74) is 6.16. The number of carbonyl (C=O) groups is 2. The quantitative estimate of drug-likeness (QED) is 0.436. The number of nitrogens with zero attached hydrogens (tertiary/aromatic N) is 3. The van der Waals surface area contributed by atoms with Gasteiger partial charge in [-0.2, -0.15) is 13.2 Å². The largest absolute Gasteiger partial charge is 0.457 e. The predicted molar refractivity (Wildman–Crippen MR) is 138 cm³/mol. The van der Waals surface area contributed by atoms with Crippen LogP contribution in [0.15, 0.2) is 59.6 Å². The van der Waals surface area contributed by atoms with E-state index in [1.807, 2.05) is 0 Å². The fourth-order valence-corrected chi connectivity index (χ4v) is 4.28. The van der Waals surface area contributed by atoms with E-state index in [0.29, 0.717) is 49.4 Å². The summed E-state index contributed by atoms with van der Waals surface area (Å²) >= 11 is 0. The van der Waals surface area contributed by atoms with Gasteiger partial charge in [0.1, 0.15) is 22.9 Å². The molecule has 5 rings (SSSR count). The molecule has 39 heavy (non-hydrogen) atoms. The maximum Gasteiger partial charge on any atom is 0.417 e. The Morgan fingerprint density at radius 1 is 1.00 bits per heavy atom. The topological polar surface area (TPSA) is 132 Å². The van der Waals surface area contributed by atoms with Crippen LogP contribution < -0.4 is 21.1 Å². The number of ether oxygens (including phenoxy) is 1. The standard InChI is InChI=1S/C27H23F3N6O3/c28-27(29,30)20-6-5-18(13-19(20)15-7-10-32-11-8-15)39-17-3-1-16(2-4-17)25-35-22(24(31)37)14-23(36-25)34-21-9-12-33-26(21)38/h1-7,13-14,32H,8-12H2,(H2,31,37)(H,33,38)/b34-21+. The van der Waals surface area contributed by atoms with Gasteiger partial charge in [-0.1, -0.05) is 6.08 Å². The molecule has 1 aromatic heterocycles. The van der Waals surface area contributed by atoms with Crippen LogP contribution in [-0.2, 0) is 11.0 Å². The van der Waals surface area contributed by atoms with Crippen molar-refractivity contribution in [3.63, 3.8) is 0 Å². The molecular formula is C27H23F3N6O3. The molecule has 0 radical (unpaired) electrons. The third-order valence-corrected chi connectivity index (χ3v) is 6.18. The normalized spacial score (nSPS) is 16.6. The van der Waals surface area contributed by atoms with E-state index in [4.69, 9.17) is 10.5 Å². The molecule has 0 aliphatic carbocycles. The Morgan fingerprint density at radius 2 is 1.77 bits per heavy atom. The molecule has 12 heteroatoms. The minimum atomic E-state index is -4.49. The lowest BCUT2D eigenvalue weighted by Crippen LogP contribution is -2.21. The van der Waals surface area contributed by atoms with Crippen molar-refractivity contribution in [3.05, 3.63) is 71.4 Å². The number of primary amides is 1. The summed E-state index contributed by atoms with van der Waals surface area (Å²) < 4.78 is 46.8. The Hall–Kier alpha value is -4.58. The van der Waals surface area contributed by atoms with Crippen molar-refractivity contribution in [1.82, 2.24) is 20.6 Å². The van der Waals surface area contributed by atoms with Crippen molar-refractivity contribution >= 4 is 28.9 Å². The smallest absolute Gasteiger partial charge is 0.417 e. The lowest BCUT2D eigenvalue weighted by atomic mass is 9.95. The van der Waals surface area contributed by atoms with Crippen molar-refractivity contribution in [2.45, 2.75) is 19.0 Å². The highest BCUT2D eigenvalue weighted by atomic mass is 19.4. The first-order chi connectivity index (χ1) is 18.7. The molecule has 0 saturated carbocycles. The Bertz CT molecular complexity index is 1500. The van der Waals surface area contributed by atoms with Crippen LogP contribution in [0.1, 0.15) is 34.5 Å². The first-order valence-corrected chi connectivity index (χ1v) is 12.1. The number of hydrogen-bond acceptors (Lipinski definition) is 7. The van der Waals surface area contributed by atoms with Gasteiger partial charge in [0.25, 0.3) is 11.8 Å². The SMILES string of the molecule is NC(=O)c1cc(/N=C2\CCNC2=O)nc(-c2ccc(Oc3ccc(C(F)(F)F)c(C4=CCNCC4)c3)cc2)n1. The Morgan fingerprint density at radius 3 is 2.41 bits per heavy atom. The molecule has 2 amide bonds. The van der Waals surface area contributed by atoms with Gasteiger partial charge in [0, 0.05) is 31.1 Å². The fourth-order valence-electron chi connectivity index (χ4n) is 4.28. The summed E-state index contributed by atoms with van der Waals surface area (Å²) in [7, 11) is 0. The molecule has 2 aliphatic heterocycles. The summed E-state index contributed by atoms with van der Waals surface area (Å²) in [4.78, 5) is 36.5. The first-order valence-electron chi connectivity index (χ1n) is 12.1. The zero-order chi connectivity index (χ0) is 27.6. The number of rotatable bonds is 6. The number of halogens is 3. The monoisotopic (exact) mass is 536 g/mol. The number of aromatic nitrogens is 2. The number of hydrogen-bond donors (Lipinski definition) is 3. The number of nitrogens with one attached hydrogen (secondary N) is 2. The number of nitrogens with two attached hydrogens (primary N) is 1. The lowest BCUT2D eigenvalue weighted by Gasteiger charge is -2.20. The van der Waals surface area contributed by atoms with Crippen LogP contribution in [0.4, 0.5) is 19.0 Å². The Balaban J connectivity index is 1.42. The minimum Gasteiger partial charge on any atom is -0.457 e. The van der Waals surface area contributed by atoms with Gasteiger partial charge >= 0.3 is 6.18 Å². The van der Waals surface area contributed by atoms with Gasteiger partial charge in [-0.15, -0.1) is 0 Å². The van der Waals surface area contributed by atoms with E-state index in [1.165, 1.54) is 18.2 Å². The van der Waals surface area contributed by atoms with E-state index < -0.39 is 17.6 Å². The summed E-state index contributed by atoms with van der Waals surface area (Å²) in [5, 5.41) is 5.75. The fraction of sp³-hybridized carbons (Fsp3) is 0.222. The number of aliphatic imine (C=N–C) groups is 1. The second-order valence-electron chi connectivity index (χ2n) is 8.88. The molecule has 200 valence electrons. The molecule has 1 saturated heterocycles. The molecule has 0 atom stereocenters. The van der Waals surface area contributed by atoms with E-state index in [-0.39, 0.29) is 40.3 Å². The predicted octanol–water partition coefficient (Wildman–Crippen LogP) is 4.02. The molecule has 4 N–H and O–H groups in total. The maximum atomic E-state index is 13.7. The van der Waals surface area contributed by atoms with Crippen molar-refractivity contribution in [1.29, 1.82) is 0 Å². The van der Waals surface area contributed by atoms with Crippen molar-refractivity contribution in [2.24, 2.45) is 10.7 Å². The molecule has 0 spiro atoms. The Kier molecular flexibility index (Phi) is 7.11. The van der Waals surface area contributed by atoms with Gasteiger partial charge in [0.15, 0.2) is 11.6 Å². The van der Waals surface area contributed by atoms with Crippen LogP contribution in [-0.4, -0.2) is 47.1 Å². The molecular weight excluding hydrogens is 513 g/mol. The lowest BCUT2D eigenvalue weighted by molar-refractivity contribution is -0.137. The van der Waals surface area contributed by atoms with Gasteiger partial charge in [-0.25, -0.2) is 15.0 Å². The van der Waals surface area contributed by atoms with Gasteiger partial charge < -0.3 is 21.1 Å². The zero-order valence-electron chi connectivity index (χ0n) is 20.5. The molecule has 2 aliphatic rings. The van der Waals surface area contributed by atoms with Crippen molar-refractivity contribution in [3.8, 4) is 22.9 Å². The van der Waals surface area contributed by atoms with Crippen LogP contribution in [0.3, 0.4) is 0 Å². The molecule has 1 fully saturated rings. The summed E-state index contributed by atoms with van der Waals surface area (Å²) in [6, 6.07) is 11.5. The van der Waals surface area contributed by atoms with E-state index >= 15 is 0 Å². The molecule has 2 aromatic carbocycles. The van der Waals surface area contributed by atoms with E-state index in [1.54, 1.807) is 30.3 Å². The molecule has 0 bridgehead atoms. The highest BCUT2D eigenvalue weighted by molar-refractivity contribution is 6.41. The molecule has 9 nitrogen and oxygen atoms in total. The summed E-state index contributed by atoms with van der Waals surface area (Å²) in [6.07, 6.45) is -1.84. The van der Waals surface area contributed by atoms with Gasteiger partial charge in [0.2, 0.25) is 0 Å². The maximum absolute atomic E-state index is 13.7. The van der Waals surface area contributed by atoms with Crippen molar-refractivity contribution < 1.29 is 27.5 Å². The van der Waals surface area contributed by atoms with E-state index in [9.17, 15) is 22.8 Å².